The molecule has 2 rings (SSSR count). The van der Waals surface area contributed by atoms with E-state index in [9.17, 15) is 4.79 Å². The van der Waals surface area contributed by atoms with Crippen molar-refractivity contribution in [3.05, 3.63) is 18.1 Å². The molecule has 0 aromatic carbocycles. The second-order valence-electron chi connectivity index (χ2n) is 3.72. The van der Waals surface area contributed by atoms with Gasteiger partial charge in [0.25, 0.3) is 5.91 Å². The van der Waals surface area contributed by atoms with Crippen molar-refractivity contribution in [2.45, 2.75) is 18.9 Å². The molecule has 1 atom stereocenters. The molecule has 1 fully saturated rings. The third kappa shape index (κ3) is 2.85. The summed E-state index contributed by atoms with van der Waals surface area (Å²) in [5, 5.41) is 2.94. The summed E-state index contributed by atoms with van der Waals surface area (Å²) in [7, 11) is 0. The van der Waals surface area contributed by atoms with Crippen LogP contribution in [0.15, 0.2) is 12.4 Å². The number of rotatable bonds is 2. The molecule has 2 heterocycles. The van der Waals surface area contributed by atoms with Crippen LogP contribution in [0, 0.1) is 0 Å². The number of hydrogen-bond acceptors (Lipinski definition) is 5. The number of nitrogens with zero attached hydrogens (tertiary/aromatic N) is 2. The number of nitrogen functional groups attached to an aromatic ring is 1. The Morgan fingerprint density at radius 3 is 3.12 bits per heavy atom. The second kappa shape index (κ2) is 5.16. The molecule has 1 unspecified atom stereocenters. The third-order valence-electron chi connectivity index (χ3n) is 2.38. The molecule has 1 aromatic rings. The van der Waals surface area contributed by atoms with Crippen molar-refractivity contribution in [2.24, 2.45) is 0 Å². The number of carbonyl (C=O) groups excluding carboxylic acids is 1. The van der Waals surface area contributed by atoms with E-state index in [0.29, 0.717) is 0 Å². The zero-order valence-corrected chi connectivity index (χ0v) is 9.67. The Morgan fingerprint density at radius 1 is 1.56 bits per heavy atom. The van der Waals surface area contributed by atoms with Crippen LogP contribution < -0.4 is 11.1 Å². The number of hydrogen-bond donors (Lipinski definition) is 2. The minimum absolute atomic E-state index is 0.188. The van der Waals surface area contributed by atoms with E-state index in [1.165, 1.54) is 18.1 Å². The zero-order valence-electron chi connectivity index (χ0n) is 8.85. The molecule has 1 saturated heterocycles. The smallest absolute Gasteiger partial charge is 0.271 e. The standard InChI is InChI=1S/C10H14N4OS/c11-9-5-12-4-8(14-9)10(15)13-7-2-1-3-16-6-7/h4-5,7H,1-3,6H2,(H2,11,14)(H,13,15). The first kappa shape index (κ1) is 11.2. The van der Waals surface area contributed by atoms with E-state index in [4.69, 9.17) is 5.73 Å². The maximum Gasteiger partial charge on any atom is 0.271 e. The molecule has 0 saturated carbocycles. The van der Waals surface area contributed by atoms with Gasteiger partial charge in [0, 0.05) is 11.8 Å². The average Bonchev–Trinajstić information content (AvgIpc) is 2.30. The molecular formula is C10H14N4OS. The van der Waals surface area contributed by atoms with E-state index in [1.807, 2.05) is 11.8 Å². The number of thioether (sulfide) groups is 1. The molecule has 1 aliphatic heterocycles. The molecule has 6 heteroatoms. The van der Waals surface area contributed by atoms with Crippen LogP contribution in [0.2, 0.25) is 0 Å². The van der Waals surface area contributed by atoms with Gasteiger partial charge in [-0.2, -0.15) is 11.8 Å². The van der Waals surface area contributed by atoms with Gasteiger partial charge in [-0.05, 0) is 18.6 Å². The van der Waals surface area contributed by atoms with Crippen LogP contribution in [0.25, 0.3) is 0 Å². The first-order chi connectivity index (χ1) is 7.75. The van der Waals surface area contributed by atoms with Gasteiger partial charge in [-0.3, -0.25) is 9.78 Å². The van der Waals surface area contributed by atoms with Gasteiger partial charge in [0.1, 0.15) is 11.5 Å². The Morgan fingerprint density at radius 2 is 2.44 bits per heavy atom. The molecule has 16 heavy (non-hydrogen) atoms. The fourth-order valence-corrected chi connectivity index (χ4v) is 2.68. The predicted molar refractivity (Wildman–Crippen MR) is 64.3 cm³/mol. The van der Waals surface area contributed by atoms with Gasteiger partial charge in [-0.1, -0.05) is 0 Å². The molecule has 0 aliphatic carbocycles. The first-order valence-corrected chi connectivity index (χ1v) is 6.37. The number of amides is 1. The quantitative estimate of drug-likeness (QED) is 0.792. The average molecular weight is 238 g/mol. The van der Waals surface area contributed by atoms with E-state index in [-0.39, 0.29) is 23.5 Å². The lowest BCUT2D eigenvalue weighted by Gasteiger charge is -2.22. The van der Waals surface area contributed by atoms with Crippen LogP contribution in [-0.4, -0.2) is 33.4 Å². The largest absolute Gasteiger partial charge is 0.382 e. The lowest BCUT2D eigenvalue weighted by molar-refractivity contribution is 0.0933. The maximum atomic E-state index is 11.8. The zero-order chi connectivity index (χ0) is 11.4. The van der Waals surface area contributed by atoms with Gasteiger partial charge in [-0.15, -0.1) is 0 Å². The lowest BCUT2D eigenvalue weighted by atomic mass is 10.2. The minimum Gasteiger partial charge on any atom is -0.382 e. The molecule has 86 valence electrons. The van der Waals surface area contributed by atoms with E-state index in [1.54, 1.807) is 0 Å². The SMILES string of the molecule is Nc1cncc(C(=O)NC2CCCSC2)n1. The van der Waals surface area contributed by atoms with Gasteiger partial charge >= 0.3 is 0 Å². The first-order valence-electron chi connectivity index (χ1n) is 5.22. The number of anilines is 1. The van der Waals surface area contributed by atoms with Crippen molar-refractivity contribution in [1.29, 1.82) is 0 Å². The fraction of sp³-hybridized carbons (Fsp3) is 0.500. The highest BCUT2D eigenvalue weighted by molar-refractivity contribution is 7.99. The Labute approximate surface area is 98.2 Å². The van der Waals surface area contributed by atoms with Crippen LogP contribution in [0.3, 0.4) is 0 Å². The number of nitrogens with one attached hydrogen (secondary N) is 1. The number of carbonyl (C=O) groups is 1. The van der Waals surface area contributed by atoms with Crippen molar-refractivity contribution < 1.29 is 4.79 Å². The Hall–Kier alpha value is -1.30. The van der Waals surface area contributed by atoms with E-state index >= 15 is 0 Å². The molecule has 0 bridgehead atoms. The van der Waals surface area contributed by atoms with Gasteiger partial charge in [-0.25, -0.2) is 4.98 Å². The fourth-order valence-electron chi connectivity index (χ4n) is 1.60. The van der Waals surface area contributed by atoms with Crippen molar-refractivity contribution in [2.75, 3.05) is 17.2 Å². The summed E-state index contributed by atoms with van der Waals surface area (Å²) in [5.41, 5.74) is 5.76. The number of nitrogens with two attached hydrogens (primary N) is 1. The lowest BCUT2D eigenvalue weighted by Crippen LogP contribution is -2.38. The second-order valence-corrected chi connectivity index (χ2v) is 4.87. The van der Waals surface area contributed by atoms with Gasteiger partial charge in [0.15, 0.2) is 0 Å². The Bertz CT molecular complexity index is 379. The summed E-state index contributed by atoms with van der Waals surface area (Å²) < 4.78 is 0. The number of aromatic nitrogens is 2. The van der Waals surface area contributed by atoms with Crippen LogP contribution >= 0.6 is 11.8 Å². The maximum absolute atomic E-state index is 11.8. The van der Waals surface area contributed by atoms with Crippen molar-refractivity contribution in [1.82, 2.24) is 15.3 Å². The van der Waals surface area contributed by atoms with E-state index < -0.39 is 0 Å². The van der Waals surface area contributed by atoms with Crippen molar-refractivity contribution >= 4 is 23.5 Å². The van der Waals surface area contributed by atoms with Crippen LogP contribution in [0.5, 0.6) is 0 Å². The normalized spacial score (nSPS) is 20.4. The minimum atomic E-state index is -0.188. The van der Waals surface area contributed by atoms with Gasteiger partial charge in [0.2, 0.25) is 0 Å². The van der Waals surface area contributed by atoms with Crippen molar-refractivity contribution in [3.8, 4) is 0 Å². The molecule has 5 nitrogen and oxygen atoms in total. The molecule has 0 spiro atoms. The summed E-state index contributed by atoms with van der Waals surface area (Å²) in [6.07, 6.45) is 5.04. The molecule has 1 aliphatic rings. The Kier molecular flexibility index (Phi) is 3.61. The summed E-state index contributed by atoms with van der Waals surface area (Å²) >= 11 is 1.87. The molecular weight excluding hydrogens is 224 g/mol. The van der Waals surface area contributed by atoms with Crippen LogP contribution in [-0.2, 0) is 0 Å². The third-order valence-corrected chi connectivity index (χ3v) is 3.60. The summed E-state index contributed by atoms with van der Waals surface area (Å²) in [5.74, 6) is 2.24. The summed E-state index contributed by atoms with van der Waals surface area (Å²) in [6.45, 7) is 0. The van der Waals surface area contributed by atoms with E-state index in [2.05, 4.69) is 15.3 Å². The highest BCUT2D eigenvalue weighted by Gasteiger charge is 2.17. The molecule has 0 radical (unpaired) electrons. The molecule has 1 amide bonds. The van der Waals surface area contributed by atoms with E-state index in [0.717, 1.165) is 18.6 Å². The topological polar surface area (TPSA) is 80.9 Å². The van der Waals surface area contributed by atoms with Crippen LogP contribution in [0.4, 0.5) is 5.82 Å². The molecule has 3 N–H and O–H groups in total. The van der Waals surface area contributed by atoms with Gasteiger partial charge in [0.05, 0.1) is 12.4 Å². The summed E-state index contributed by atoms with van der Waals surface area (Å²) in [6, 6.07) is 0.245. The summed E-state index contributed by atoms with van der Waals surface area (Å²) in [4.78, 5) is 19.6. The van der Waals surface area contributed by atoms with Gasteiger partial charge < -0.3 is 11.1 Å². The predicted octanol–water partition coefficient (Wildman–Crippen LogP) is 0.684. The Balaban J connectivity index is 1.97. The molecule has 1 aromatic heterocycles. The highest BCUT2D eigenvalue weighted by atomic mass is 32.2. The monoisotopic (exact) mass is 238 g/mol. The highest BCUT2D eigenvalue weighted by Crippen LogP contribution is 2.17. The van der Waals surface area contributed by atoms with Crippen molar-refractivity contribution in [3.63, 3.8) is 0 Å². The van der Waals surface area contributed by atoms with Crippen LogP contribution in [0.1, 0.15) is 23.3 Å².